The molecule has 1 atom stereocenters. The Hall–Kier alpha value is -3.00. The number of aromatic nitrogens is 1. The lowest BCUT2D eigenvalue weighted by atomic mass is 9.97. The fourth-order valence-corrected chi connectivity index (χ4v) is 4.54. The number of carbonyl (C=O) groups excluding carboxylic acids is 2. The van der Waals surface area contributed by atoms with Crippen molar-refractivity contribution in [2.24, 2.45) is 5.92 Å². The van der Waals surface area contributed by atoms with Crippen molar-refractivity contribution in [3.63, 3.8) is 0 Å². The third-order valence-electron chi connectivity index (χ3n) is 6.24. The Balaban J connectivity index is 1.38. The van der Waals surface area contributed by atoms with Crippen molar-refractivity contribution in [3.8, 4) is 0 Å². The number of piperidine rings is 1. The molecule has 1 N–H and O–H groups in total. The molecule has 7 nitrogen and oxygen atoms in total. The number of carbonyl (C=O) groups is 2. The maximum Gasteiger partial charge on any atom is 0.257 e. The van der Waals surface area contributed by atoms with E-state index in [1.54, 1.807) is 0 Å². The lowest BCUT2D eigenvalue weighted by molar-refractivity contribution is -0.133. The van der Waals surface area contributed by atoms with E-state index in [2.05, 4.69) is 10.2 Å². The zero-order valence-electron chi connectivity index (χ0n) is 18.1. The zero-order valence-corrected chi connectivity index (χ0v) is 18.1. The van der Waals surface area contributed by atoms with Crippen LogP contribution in [0, 0.1) is 11.7 Å². The van der Waals surface area contributed by atoms with Gasteiger partial charge < -0.3 is 19.7 Å². The molecule has 0 saturated carbocycles. The molecule has 32 heavy (non-hydrogen) atoms. The van der Waals surface area contributed by atoms with Gasteiger partial charge in [0, 0.05) is 37.6 Å². The summed E-state index contributed by atoms with van der Waals surface area (Å²) in [5.74, 6) is -0.457. The lowest BCUT2D eigenvalue weighted by Crippen LogP contribution is -2.45. The Labute approximate surface area is 186 Å². The van der Waals surface area contributed by atoms with E-state index in [0.717, 1.165) is 39.0 Å². The van der Waals surface area contributed by atoms with Gasteiger partial charge in [-0.1, -0.05) is 0 Å². The van der Waals surface area contributed by atoms with E-state index in [4.69, 9.17) is 0 Å². The maximum atomic E-state index is 13.1. The lowest BCUT2D eigenvalue weighted by Gasteiger charge is -2.34. The molecule has 2 amide bonds. The number of rotatable bonds is 6. The van der Waals surface area contributed by atoms with E-state index in [-0.39, 0.29) is 23.6 Å². The summed E-state index contributed by atoms with van der Waals surface area (Å²) < 4.78 is 14.3. The number of nitrogens with one attached hydrogen (secondary N) is 1. The first-order chi connectivity index (χ1) is 15.5. The average molecular weight is 441 g/mol. The van der Waals surface area contributed by atoms with Crippen molar-refractivity contribution in [2.45, 2.75) is 32.2 Å². The second kappa shape index (κ2) is 10.1. The fourth-order valence-electron chi connectivity index (χ4n) is 4.54. The zero-order chi connectivity index (χ0) is 22.5. The van der Waals surface area contributed by atoms with Crippen LogP contribution in [-0.2, 0) is 11.3 Å². The van der Waals surface area contributed by atoms with E-state index in [0.29, 0.717) is 18.2 Å². The number of anilines is 1. The van der Waals surface area contributed by atoms with E-state index < -0.39 is 11.7 Å². The highest BCUT2D eigenvalue weighted by atomic mass is 19.1. The molecule has 1 aromatic heterocycles. The second-order valence-corrected chi connectivity index (χ2v) is 8.70. The Bertz CT molecular complexity index is 1010. The van der Waals surface area contributed by atoms with Crippen molar-refractivity contribution in [1.29, 1.82) is 0 Å². The molecule has 4 rings (SSSR count). The van der Waals surface area contributed by atoms with Gasteiger partial charge in [-0.15, -0.1) is 0 Å². The molecule has 1 unspecified atom stereocenters. The Morgan fingerprint density at radius 1 is 1.00 bits per heavy atom. The predicted molar refractivity (Wildman–Crippen MR) is 120 cm³/mol. The molecule has 2 aromatic rings. The molecule has 0 spiro atoms. The molecule has 1 aromatic carbocycles. The molecule has 2 aliphatic heterocycles. The number of amides is 2. The van der Waals surface area contributed by atoms with E-state index >= 15 is 0 Å². The molecule has 0 aliphatic carbocycles. The quantitative estimate of drug-likeness (QED) is 0.749. The minimum absolute atomic E-state index is 0.0903. The SMILES string of the molecule is O=C(Nc1ccc(F)cc1)c1ccc(=O)n(CC(=O)N2CCCC(CN3CCCC3)C2)c1. The third kappa shape index (κ3) is 5.62. The van der Waals surface area contributed by atoms with Crippen molar-refractivity contribution >= 4 is 17.5 Å². The standard InChI is InChI=1S/C24H29FN4O3/c25-20-6-8-21(9-7-20)26-24(32)19-5-10-22(30)29(16-19)17-23(31)28-13-3-4-18(15-28)14-27-11-1-2-12-27/h5-10,16,18H,1-4,11-15,17H2,(H,26,32). The van der Waals surface area contributed by atoms with E-state index in [1.807, 2.05) is 4.90 Å². The summed E-state index contributed by atoms with van der Waals surface area (Å²) in [5, 5.41) is 2.67. The van der Waals surface area contributed by atoms with Crippen LogP contribution in [0.1, 0.15) is 36.0 Å². The van der Waals surface area contributed by atoms with Crippen molar-refractivity contribution in [3.05, 3.63) is 64.3 Å². The van der Waals surface area contributed by atoms with Crippen LogP contribution in [-0.4, -0.2) is 58.9 Å². The minimum Gasteiger partial charge on any atom is -0.341 e. The smallest absolute Gasteiger partial charge is 0.257 e. The largest absolute Gasteiger partial charge is 0.341 e. The first-order valence-corrected chi connectivity index (χ1v) is 11.3. The van der Waals surface area contributed by atoms with Gasteiger partial charge in [0.15, 0.2) is 0 Å². The van der Waals surface area contributed by atoms with E-state index in [9.17, 15) is 18.8 Å². The summed E-state index contributed by atoms with van der Waals surface area (Å²) in [5.41, 5.74) is 0.372. The number of nitrogens with zero attached hydrogens (tertiary/aromatic N) is 3. The molecule has 8 heteroatoms. The Kier molecular flexibility index (Phi) is 6.99. The molecule has 3 heterocycles. The van der Waals surface area contributed by atoms with Gasteiger partial charge in [0.25, 0.3) is 11.5 Å². The number of pyridine rings is 1. The van der Waals surface area contributed by atoms with Crippen LogP contribution in [0.5, 0.6) is 0 Å². The molecule has 2 aliphatic rings. The number of halogens is 1. The predicted octanol–water partition coefficient (Wildman–Crippen LogP) is 2.57. The van der Waals surface area contributed by atoms with Crippen LogP contribution in [0.15, 0.2) is 47.4 Å². The van der Waals surface area contributed by atoms with Crippen LogP contribution in [0.3, 0.4) is 0 Å². The monoisotopic (exact) mass is 440 g/mol. The highest BCUT2D eigenvalue weighted by Gasteiger charge is 2.26. The molecule has 0 bridgehead atoms. The van der Waals surface area contributed by atoms with Gasteiger partial charge in [-0.2, -0.15) is 0 Å². The van der Waals surface area contributed by atoms with Gasteiger partial charge in [-0.3, -0.25) is 14.4 Å². The van der Waals surface area contributed by atoms with E-state index in [1.165, 1.54) is 60.0 Å². The fraction of sp³-hybridized carbons (Fsp3) is 0.458. The second-order valence-electron chi connectivity index (χ2n) is 8.70. The highest BCUT2D eigenvalue weighted by molar-refractivity contribution is 6.04. The van der Waals surface area contributed by atoms with Crippen LogP contribution in [0.4, 0.5) is 10.1 Å². The van der Waals surface area contributed by atoms with Gasteiger partial charge in [0.1, 0.15) is 12.4 Å². The van der Waals surface area contributed by atoms with Crippen LogP contribution < -0.4 is 10.9 Å². The normalized spacial score (nSPS) is 19.2. The minimum atomic E-state index is -0.429. The summed E-state index contributed by atoms with van der Waals surface area (Å²) in [6, 6.07) is 8.15. The van der Waals surface area contributed by atoms with Crippen LogP contribution >= 0.6 is 0 Å². The third-order valence-corrected chi connectivity index (χ3v) is 6.24. The van der Waals surface area contributed by atoms with Crippen LogP contribution in [0.2, 0.25) is 0 Å². The summed E-state index contributed by atoms with van der Waals surface area (Å²) in [6.45, 7) is 4.65. The molecule has 2 fully saturated rings. The van der Waals surface area contributed by atoms with Gasteiger partial charge in [-0.25, -0.2) is 4.39 Å². The maximum absolute atomic E-state index is 13.1. The number of hydrogen-bond acceptors (Lipinski definition) is 4. The Morgan fingerprint density at radius 3 is 2.50 bits per heavy atom. The van der Waals surface area contributed by atoms with Gasteiger partial charge in [0.05, 0.1) is 5.56 Å². The van der Waals surface area contributed by atoms with Gasteiger partial charge in [0.2, 0.25) is 5.91 Å². The molecule has 2 saturated heterocycles. The molecule has 0 radical (unpaired) electrons. The molecule has 170 valence electrons. The van der Waals surface area contributed by atoms with Crippen molar-refractivity contribution in [1.82, 2.24) is 14.4 Å². The highest BCUT2D eigenvalue weighted by Crippen LogP contribution is 2.20. The number of benzene rings is 1. The van der Waals surface area contributed by atoms with Crippen molar-refractivity contribution < 1.29 is 14.0 Å². The number of likely N-dealkylation sites (tertiary alicyclic amines) is 2. The first-order valence-electron chi connectivity index (χ1n) is 11.3. The van der Waals surface area contributed by atoms with Crippen molar-refractivity contribution in [2.75, 3.05) is 38.0 Å². The molecular weight excluding hydrogens is 411 g/mol. The molecular formula is C24H29FN4O3. The Morgan fingerprint density at radius 2 is 1.75 bits per heavy atom. The summed E-state index contributed by atoms with van der Waals surface area (Å²) in [7, 11) is 0. The van der Waals surface area contributed by atoms with Crippen LogP contribution in [0.25, 0.3) is 0 Å². The number of hydrogen-bond donors (Lipinski definition) is 1. The average Bonchev–Trinajstić information content (AvgIpc) is 3.30. The summed E-state index contributed by atoms with van der Waals surface area (Å²) in [4.78, 5) is 42.1. The summed E-state index contributed by atoms with van der Waals surface area (Å²) in [6.07, 6.45) is 6.01. The topological polar surface area (TPSA) is 74.6 Å². The first kappa shape index (κ1) is 22.2. The van der Waals surface area contributed by atoms with Gasteiger partial charge in [-0.05, 0) is 75.0 Å². The summed E-state index contributed by atoms with van der Waals surface area (Å²) >= 11 is 0. The van der Waals surface area contributed by atoms with Gasteiger partial charge >= 0.3 is 0 Å².